The molecule has 0 unspecified atom stereocenters. The Hall–Kier alpha value is -3.22. The summed E-state index contributed by atoms with van der Waals surface area (Å²) < 4.78 is 1.72. The van der Waals surface area contributed by atoms with E-state index in [1.165, 1.54) is 11.3 Å². The Labute approximate surface area is 210 Å². The van der Waals surface area contributed by atoms with Crippen molar-refractivity contribution in [3.8, 4) is 5.69 Å². The molecule has 1 aliphatic heterocycles. The first-order valence-electron chi connectivity index (χ1n) is 12.3. The molecule has 4 aromatic rings. The molecule has 5 rings (SSSR count). The summed E-state index contributed by atoms with van der Waals surface area (Å²) in [6, 6.07) is 21.6. The van der Waals surface area contributed by atoms with Crippen LogP contribution in [0.5, 0.6) is 0 Å². The number of nitrogens with one attached hydrogen (secondary N) is 1. The molecule has 2 aromatic heterocycles. The molecule has 1 fully saturated rings. The van der Waals surface area contributed by atoms with Gasteiger partial charge < -0.3 is 10.2 Å². The zero-order valence-electron chi connectivity index (χ0n) is 20.5. The van der Waals surface area contributed by atoms with Gasteiger partial charge in [-0.15, -0.1) is 0 Å². The fourth-order valence-corrected chi connectivity index (χ4v) is 6.20. The van der Waals surface area contributed by atoms with Crippen molar-refractivity contribution < 1.29 is 4.79 Å². The lowest BCUT2D eigenvalue weighted by molar-refractivity contribution is 0.104. The van der Waals surface area contributed by atoms with Gasteiger partial charge in [0, 0.05) is 42.2 Å². The van der Waals surface area contributed by atoms with Crippen LogP contribution < -0.4 is 10.9 Å². The minimum atomic E-state index is -0.101. The van der Waals surface area contributed by atoms with E-state index < -0.39 is 0 Å². The molecule has 35 heavy (non-hydrogen) atoms. The number of anilines is 1. The second-order valence-corrected chi connectivity index (χ2v) is 10.6. The van der Waals surface area contributed by atoms with Gasteiger partial charge in [0.25, 0.3) is 5.56 Å². The lowest BCUT2D eigenvalue weighted by Gasteiger charge is -2.35. The van der Waals surface area contributed by atoms with Gasteiger partial charge in [-0.25, -0.2) is 0 Å². The van der Waals surface area contributed by atoms with E-state index in [4.69, 9.17) is 0 Å². The topological polar surface area (TPSA) is 54.3 Å². The van der Waals surface area contributed by atoms with Crippen molar-refractivity contribution in [2.75, 3.05) is 18.4 Å². The number of aryl methyl sites for hydroxylation is 1. The number of nitrogens with zero attached hydrogens (tertiary/aromatic N) is 2. The summed E-state index contributed by atoms with van der Waals surface area (Å²) in [5.41, 5.74) is 3.07. The van der Waals surface area contributed by atoms with Crippen molar-refractivity contribution in [1.29, 1.82) is 0 Å². The molecule has 1 aliphatic rings. The Morgan fingerprint density at radius 1 is 1.00 bits per heavy atom. The molecule has 1 saturated heterocycles. The molecule has 1 N–H and O–H groups in total. The highest BCUT2D eigenvalue weighted by Crippen LogP contribution is 2.38. The van der Waals surface area contributed by atoms with Gasteiger partial charge in [-0.3, -0.25) is 14.2 Å². The van der Waals surface area contributed by atoms with Gasteiger partial charge in [-0.05, 0) is 57.9 Å². The Morgan fingerprint density at radius 2 is 1.74 bits per heavy atom. The van der Waals surface area contributed by atoms with Crippen LogP contribution >= 0.6 is 11.3 Å². The summed E-state index contributed by atoms with van der Waals surface area (Å²) in [6.07, 6.45) is 2.05. The van der Waals surface area contributed by atoms with Crippen molar-refractivity contribution in [3.63, 3.8) is 0 Å². The zero-order chi connectivity index (χ0) is 24.5. The summed E-state index contributed by atoms with van der Waals surface area (Å²) in [4.78, 5) is 30.2. The molecule has 6 heteroatoms. The smallest absolute Gasteiger partial charge is 0.256 e. The summed E-state index contributed by atoms with van der Waals surface area (Å²) in [5.74, 6) is -0.0136. The highest BCUT2D eigenvalue weighted by Gasteiger charge is 2.27. The predicted molar refractivity (Wildman–Crippen MR) is 145 cm³/mol. The van der Waals surface area contributed by atoms with Gasteiger partial charge in [0.15, 0.2) is 5.78 Å². The Bertz CT molecular complexity index is 1410. The van der Waals surface area contributed by atoms with E-state index in [1.807, 2.05) is 67.6 Å². The number of thiophene rings is 1. The second-order valence-electron chi connectivity index (χ2n) is 9.61. The van der Waals surface area contributed by atoms with Crippen molar-refractivity contribution in [2.45, 2.75) is 45.7 Å². The van der Waals surface area contributed by atoms with Crippen LogP contribution in [0.15, 0.2) is 71.5 Å². The van der Waals surface area contributed by atoms with E-state index in [-0.39, 0.29) is 11.3 Å². The lowest BCUT2D eigenvalue weighted by atomic mass is 9.99. The number of likely N-dealkylation sites (tertiary alicyclic amines) is 1. The first-order valence-corrected chi connectivity index (χ1v) is 13.1. The zero-order valence-corrected chi connectivity index (χ0v) is 21.3. The first kappa shape index (κ1) is 23.5. The summed E-state index contributed by atoms with van der Waals surface area (Å²) in [5, 5.41) is 5.38. The third-order valence-electron chi connectivity index (χ3n) is 6.86. The number of fused-ring (bicyclic) bond motifs is 1. The number of pyridine rings is 1. The average Bonchev–Trinajstić information content (AvgIpc) is 3.22. The van der Waals surface area contributed by atoms with Gasteiger partial charge in [-0.2, -0.15) is 0 Å². The number of ketones is 1. The van der Waals surface area contributed by atoms with Crippen LogP contribution in [0.4, 0.5) is 5.00 Å². The number of carbonyl (C=O) groups excluding carboxylic acids is 1. The Kier molecular flexibility index (Phi) is 6.58. The van der Waals surface area contributed by atoms with Gasteiger partial charge in [0.2, 0.25) is 0 Å². The predicted octanol–water partition coefficient (Wildman–Crippen LogP) is 5.88. The number of hydrogen-bond acceptors (Lipinski definition) is 5. The third-order valence-corrected chi connectivity index (χ3v) is 7.98. The number of rotatable bonds is 6. The molecule has 0 saturated carbocycles. The minimum absolute atomic E-state index is 0.0136. The molecular formula is C29H31N3O2S. The van der Waals surface area contributed by atoms with E-state index in [0.717, 1.165) is 52.4 Å². The number of hydrogen-bond donors (Lipinski definition) is 1. The minimum Gasteiger partial charge on any atom is -0.373 e. The molecule has 5 nitrogen and oxygen atoms in total. The van der Waals surface area contributed by atoms with E-state index in [0.29, 0.717) is 23.2 Å². The summed E-state index contributed by atoms with van der Waals surface area (Å²) in [6.45, 7) is 8.55. The quantitative estimate of drug-likeness (QED) is 0.347. The molecule has 2 aromatic carbocycles. The molecular weight excluding hydrogens is 454 g/mol. The lowest BCUT2D eigenvalue weighted by Crippen LogP contribution is -2.42. The first-order chi connectivity index (χ1) is 16.9. The van der Waals surface area contributed by atoms with E-state index >= 15 is 0 Å². The number of aromatic nitrogens is 1. The average molecular weight is 486 g/mol. The SMILES string of the molecule is Cc1cccc(C(=O)c2c(NC3CCN(C(C)C)CC3)sc3c2ccc(=O)n3-c2ccccc2)c1. The van der Waals surface area contributed by atoms with Crippen molar-refractivity contribution in [2.24, 2.45) is 0 Å². The van der Waals surface area contributed by atoms with Crippen LogP contribution in [0.3, 0.4) is 0 Å². The largest absolute Gasteiger partial charge is 0.373 e. The maximum atomic E-state index is 13.9. The van der Waals surface area contributed by atoms with Gasteiger partial charge >= 0.3 is 0 Å². The van der Waals surface area contributed by atoms with E-state index in [2.05, 4.69) is 24.1 Å². The summed E-state index contributed by atoms with van der Waals surface area (Å²) >= 11 is 1.50. The maximum Gasteiger partial charge on any atom is 0.256 e. The Morgan fingerprint density at radius 3 is 2.43 bits per heavy atom. The molecule has 0 amide bonds. The number of carbonyl (C=O) groups is 1. The fraction of sp³-hybridized carbons (Fsp3) is 0.310. The van der Waals surface area contributed by atoms with Crippen LogP contribution in [0.25, 0.3) is 15.9 Å². The fourth-order valence-electron chi connectivity index (χ4n) is 4.91. The highest BCUT2D eigenvalue weighted by molar-refractivity contribution is 7.23. The second kappa shape index (κ2) is 9.80. The van der Waals surface area contributed by atoms with Crippen molar-refractivity contribution in [3.05, 3.63) is 93.8 Å². The molecule has 3 heterocycles. The molecule has 0 aliphatic carbocycles. The van der Waals surface area contributed by atoms with Crippen molar-refractivity contribution >= 4 is 32.3 Å². The van der Waals surface area contributed by atoms with Crippen LogP contribution in [0, 0.1) is 6.92 Å². The van der Waals surface area contributed by atoms with Crippen LogP contribution in [-0.2, 0) is 0 Å². The molecule has 180 valence electrons. The summed E-state index contributed by atoms with van der Waals surface area (Å²) in [7, 11) is 0. The van der Waals surface area contributed by atoms with Gasteiger partial charge in [-0.1, -0.05) is 53.3 Å². The third kappa shape index (κ3) is 4.68. The van der Waals surface area contributed by atoms with Crippen molar-refractivity contribution in [1.82, 2.24) is 9.47 Å². The van der Waals surface area contributed by atoms with E-state index in [9.17, 15) is 9.59 Å². The Balaban J connectivity index is 1.63. The molecule has 0 spiro atoms. The van der Waals surface area contributed by atoms with Crippen LogP contribution in [0.2, 0.25) is 0 Å². The van der Waals surface area contributed by atoms with E-state index in [1.54, 1.807) is 10.6 Å². The van der Waals surface area contributed by atoms with Crippen LogP contribution in [-0.4, -0.2) is 40.4 Å². The molecule has 0 atom stereocenters. The number of para-hydroxylation sites is 1. The van der Waals surface area contributed by atoms with Gasteiger partial charge in [0.1, 0.15) is 9.83 Å². The van der Waals surface area contributed by atoms with Gasteiger partial charge in [0.05, 0.1) is 11.3 Å². The standard InChI is InChI=1S/C29H31N3O2S/c1-19(2)31-16-14-22(15-17-31)30-28-26(27(34)21-9-7-8-20(3)18-21)24-12-13-25(33)32(29(24)35-28)23-10-5-4-6-11-23/h4-13,18-19,22,30H,14-17H2,1-3H3. The molecule has 0 bridgehead atoms. The van der Waals surface area contributed by atoms with Crippen LogP contribution in [0.1, 0.15) is 48.2 Å². The normalized spacial score (nSPS) is 15.1. The molecule has 0 radical (unpaired) electrons. The maximum absolute atomic E-state index is 13.9. The highest BCUT2D eigenvalue weighted by atomic mass is 32.1. The number of benzene rings is 2. The monoisotopic (exact) mass is 485 g/mol. The number of piperidine rings is 1.